The Labute approximate surface area is 188 Å². The first-order chi connectivity index (χ1) is 16.0. The number of nitrogens with zero attached hydrogens (tertiary/aromatic N) is 5. The minimum absolute atomic E-state index is 0.0255. The lowest BCUT2D eigenvalue weighted by atomic mass is 9.81. The zero-order valence-electron chi connectivity index (χ0n) is 17.7. The van der Waals surface area contributed by atoms with Crippen molar-refractivity contribution < 1.29 is 13.9 Å². The molecule has 11 heteroatoms. The third-order valence-corrected chi connectivity index (χ3v) is 6.94. The fourth-order valence-corrected chi connectivity index (χ4v) is 5.61. The molecule has 0 radical (unpaired) electrons. The number of hydrogen-bond donors (Lipinski definition) is 3. The molecule has 5 atom stereocenters. The first-order valence-corrected chi connectivity index (χ1v) is 11.0. The van der Waals surface area contributed by atoms with Crippen LogP contribution in [0.2, 0.25) is 0 Å². The fraction of sp³-hybridized carbons (Fsp3) is 0.409. The molecule has 10 nitrogen and oxygen atoms in total. The monoisotopic (exact) mass is 450 g/mol. The Hall–Kier alpha value is -3.60. The summed E-state index contributed by atoms with van der Waals surface area (Å²) in [7, 11) is 0. The Bertz CT molecular complexity index is 1220. The van der Waals surface area contributed by atoms with E-state index in [9.17, 15) is 9.18 Å². The van der Waals surface area contributed by atoms with Crippen LogP contribution in [0.4, 0.5) is 21.8 Å². The van der Waals surface area contributed by atoms with Gasteiger partial charge in [-0.1, -0.05) is 17.3 Å². The van der Waals surface area contributed by atoms with E-state index in [1.54, 1.807) is 0 Å². The van der Waals surface area contributed by atoms with E-state index < -0.39 is 11.7 Å². The minimum atomic E-state index is -0.591. The Morgan fingerprint density at radius 2 is 2.18 bits per heavy atom. The molecule has 2 fully saturated rings. The molecule has 8 bridgehead atoms. The SMILES string of the molecule is NC(=O)[C@H]1[C@@H]2C[C@H]3[C@H]1Nc1nc(ncc1F)Nc1cccc(c1)COCc1cn(nn1)[C@@H]3C2. The lowest BCUT2D eigenvalue weighted by molar-refractivity contribution is -0.123. The van der Waals surface area contributed by atoms with E-state index in [-0.39, 0.29) is 41.6 Å². The van der Waals surface area contributed by atoms with Crippen LogP contribution in [0.15, 0.2) is 36.7 Å². The van der Waals surface area contributed by atoms with E-state index in [1.165, 1.54) is 0 Å². The standard InChI is InChI=1S/C22H23FN8O2/c23-16-7-25-22-26-13-3-1-2-11(4-13)9-33-10-14-8-31(30-29-14)17-6-12-5-15(17)19(18(12)20(24)32)27-21(16)28-22/h1-4,7-8,12,15,17-19H,5-6,9-10H2,(H2,24,32)(H2,25,26,27,28)/t12-,15-,17-,18+,19-/m1/s1. The molecule has 0 saturated heterocycles. The van der Waals surface area contributed by atoms with E-state index >= 15 is 0 Å². The van der Waals surface area contributed by atoms with Crippen LogP contribution in [0.3, 0.4) is 0 Å². The molecule has 0 unspecified atom stereocenters. The number of ether oxygens (including phenoxy) is 1. The highest BCUT2D eigenvalue weighted by Gasteiger charge is 2.56. The number of carbonyl (C=O) groups is 1. The van der Waals surface area contributed by atoms with Gasteiger partial charge < -0.3 is 21.1 Å². The normalized spacial score (nSPS) is 28.0. The zero-order valence-corrected chi connectivity index (χ0v) is 17.7. The van der Waals surface area contributed by atoms with Crippen LogP contribution in [-0.4, -0.2) is 36.9 Å². The molecule has 3 aliphatic rings. The Morgan fingerprint density at radius 3 is 3.06 bits per heavy atom. The second-order valence-corrected chi connectivity index (χ2v) is 8.96. The van der Waals surface area contributed by atoms with Crippen molar-refractivity contribution in [3.8, 4) is 0 Å². The van der Waals surface area contributed by atoms with Crippen molar-refractivity contribution in [3.63, 3.8) is 0 Å². The van der Waals surface area contributed by atoms with E-state index in [0.717, 1.165) is 36.0 Å². The molecule has 2 aromatic heterocycles. The molecule has 1 amide bonds. The van der Waals surface area contributed by atoms with Crippen LogP contribution in [0.25, 0.3) is 0 Å². The second-order valence-electron chi connectivity index (χ2n) is 8.96. The van der Waals surface area contributed by atoms with Gasteiger partial charge in [-0.15, -0.1) is 5.10 Å². The molecular formula is C22H23FN8O2. The molecule has 33 heavy (non-hydrogen) atoms. The molecule has 170 valence electrons. The van der Waals surface area contributed by atoms with Gasteiger partial charge >= 0.3 is 0 Å². The number of nitrogens with two attached hydrogens (primary N) is 1. The molecule has 4 N–H and O–H groups in total. The minimum Gasteiger partial charge on any atom is -0.370 e. The number of amides is 1. The highest BCUT2D eigenvalue weighted by Crippen LogP contribution is 2.54. The Balaban J connectivity index is 1.41. The quantitative estimate of drug-likeness (QED) is 0.514. The van der Waals surface area contributed by atoms with Gasteiger partial charge in [0.05, 0.1) is 37.6 Å². The molecular weight excluding hydrogens is 427 g/mol. The van der Waals surface area contributed by atoms with Crippen molar-refractivity contribution in [1.29, 1.82) is 0 Å². The van der Waals surface area contributed by atoms with Crippen LogP contribution in [0, 0.1) is 23.6 Å². The summed E-state index contributed by atoms with van der Waals surface area (Å²) in [5, 5.41) is 14.9. The summed E-state index contributed by atoms with van der Waals surface area (Å²) in [6.45, 7) is 0.731. The summed E-state index contributed by atoms with van der Waals surface area (Å²) >= 11 is 0. The number of benzene rings is 1. The van der Waals surface area contributed by atoms with Crippen LogP contribution in [0.5, 0.6) is 0 Å². The van der Waals surface area contributed by atoms with Gasteiger partial charge in [0, 0.05) is 17.6 Å². The fourth-order valence-electron chi connectivity index (χ4n) is 5.61. The topological polar surface area (TPSA) is 133 Å². The van der Waals surface area contributed by atoms with Crippen molar-refractivity contribution in [3.05, 3.63) is 53.7 Å². The summed E-state index contributed by atoms with van der Waals surface area (Å²) in [6, 6.07) is 7.28. The van der Waals surface area contributed by atoms with Gasteiger partial charge in [0.2, 0.25) is 11.9 Å². The zero-order chi connectivity index (χ0) is 22.5. The molecule has 6 rings (SSSR count). The molecule has 3 aromatic rings. The van der Waals surface area contributed by atoms with Crippen molar-refractivity contribution in [1.82, 2.24) is 25.0 Å². The molecule has 1 aliphatic heterocycles. The summed E-state index contributed by atoms with van der Waals surface area (Å²) in [5.41, 5.74) is 8.20. The second kappa shape index (κ2) is 7.77. The summed E-state index contributed by atoms with van der Waals surface area (Å²) in [6.07, 6.45) is 4.57. The molecule has 1 aromatic carbocycles. The number of hydrogen-bond acceptors (Lipinski definition) is 8. The van der Waals surface area contributed by atoms with Gasteiger partial charge in [-0.05, 0) is 36.5 Å². The van der Waals surface area contributed by atoms with Gasteiger partial charge in [-0.3, -0.25) is 4.79 Å². The number of carbonyl (C=O) groups excluding carboxylic acids is 1. The van der Waals surface area contributed by atoms with Crippen LogP contribution >= 0.6 is 0 Å². The van der Waals surface area contributed by atoms with Crippen molar-refractivity contribution in [2.45, 2.75) is 38.1 Å². The van der Waals surface area contributed by atoms with Crippen LogP contribution in [-0.2, 0) is 22.7 Å². The van der Waals surface area contributed by atoms with Crippen molar-refractivity contribution in [2.75, 3.05) is 10.6 Å². The van der Waals surface area contributed by atoms with Gasteiger partial charge in [0.25, 0.3) is 0 Å². The molecule has 3 heterocycles. The largest absolute Gasteiger partial charge is 0.370 e. The van der Waals surface area contributed by atoms with Crippen molar-refractivity contribution in [2.24, 2.45) is 23.5 Å². The summed E-state index contributed by atoms with van der Waals surface area (Å²) in [5.74, 6) is -0.991. The molecule has 2 aliphatic carbocycles. The van der Waals surface area contributed by atoms with Gasteiger partial charge in [-0.2, -0.15) is 4.98 Å². The Morgan fingerprint density at radius 1 is 1.27 bits per heavy atom. The first kappa shape index (κ1) is 20.0. The number of halogens is 1. The van der Waals surface area contributed by atoms with E-state index in [1.807, 2.05) is 35.1 Å². The van der Waals surface area contributed by atoms with Crippen LogP contribution in [0.1, 0.15) is 30.1 Å². The number of fused-ring (bicyclic) bond motifs is 8. The number of anilines is 3. The molecule has 0 spiro atoms. The number of aromatic nitrogens is 5. The van der Waals surface area contributed by atoms with Gasteiger partial charge in [0.1, 0.15) is 5.69 Å². The maximum Gasteiger partial charge on any atom is 0.229 e. The summed E-state index contributed by atoms with van der Waals surface area (Å²) in [4.78, 5) is 20.7. The predicted octanol–water partition coefficient (Wildman–Crippen LogP) is 2.14. The number of nitrogens with one attached hydrogen (secondary N) is 2. The van der Waals surface area contributed by atoms with E-state index in [4.69, 9.17) is 10.5 Å². The predicted molar refractivity (Wildman–Crippen MR) is 116 cm³/mol. The third-order valence-electron chi connectivity index (χ3n) is 6.94. The maximum absolute atomic E-state index is 14.7. The number of primary amides is 1. The number of rotatable bonds is 1. The molecule has 2 saturated carbocycles. The lowest BCUT2D eigenvalue weighted by Crippen LogP contribution is -2.45. The lowest BCUT2D eigenvalue weighted by Gasteiger charge is -2.35. The maximum atomic E-state index is 14.7. The first-order valence-electron chi connectivity index (χ1n) is 11.0. The smallest absolute Gasteiger partial charge is 0.229 e. The average molecular weight is 450 g/mol. The third kappa shape index (κ3) is 3.58. The van der Waals surface area contributed by atoms with Crippen LogP contribution < -0.4 is 16.4 Å². The Kier molecular flexibility index (Phi) is 4.72. The highest BCUT2D eigenvalue weighted by atomic mass is 19.1. The average Bonchev–Trinajstić information content (AvgIpc) is 3.50. The highest BCUT2D eigenvalue weighted by molar-refractivity contribution is 5.79. The van der Waals surface area contributed by atoms with E-state index in [0.29, 0.717) is 13.2 Å². The summed E-state index contributed by atoms with van der Waals surface area (Å²) < 4.78 is 22.4. The van der Waals surface area contributed by atoms with Crippen molar-refractivity contribution >= 4 is 23.4 Å². The van der Waals surface area contributed by atoms with Gasteiger partial charge in [0.15, 0.2) is 11.6 Å². The van der Waals surface area contributed by atoms with Gasteiger partial charge in [-0.25, -0.2) is 14.1 Å². The van der Waals surface area contributed by atoms with E-state index in [2.05, 4.69) is 30.9 Å².